The Bertz CT molecular complexity index is 1610. The van der Waals surface area contributed by atoms with Gasteiger partial charge in [0.05, 0.1) is 0 Å². The van der Waals surface area contributed by atoms with E-state index < -0.39 is 6.10 Å². The highest BCUT2D eigenvalue weighted by Gasteiger charge is 2.19. The minimum Gasteiger partial charge on any atom is -0.462 e. The maximum atomic E-state index is 13.0. The Morgan fingerprint density at radius 3 is 0.747 bits per heavy atom. The van der Waals surface area contributed by atoms with E-state index in [0.29, 0.717) is 19.3 Å². The highest BCUT2D eigenvalue weighted by molar-refractivity contribution is 5.71. The van der Waals surface area contributed by atoms with Crippen LogP contribution in [0, 0.1) is 0 Å². The Kier molecular flexibility index (Phi) is 67.7. The number of hydrogen-bond donors (Lipinski definition) is 0. The van der Waals surface area contributed by atoms with Crippen molar-refractivity contribution < 1.29 is 28.6 Å². The molecule has 0 aliphatic rings. The van der Waals surface area contributed by atoms with Gasteiger partial charge in [0.15, 0.2) is 6.10 Å². The predicted molar refractivity (Wildman–Crippen MR) is 362 cm³/mol. The molecule has 0 saturated heterocycles. The van der Waals surface area contributed by atoms with Crippen LogP contribution >= 0.6 is 0 Å². The molecule has 0 aliphatic carbocycles. The molecule has 0 heterocycles. The van der Waals surface area contributed by atoms with Crippen molar-refractivity contribution in [1.82, 2.24) is 0 Å². The molecule has 0 saturated carbocycles. The summed E-state index contributed by atoms with van der Waals surface area (Å²) in [4.78, 5) is 38.5. The van der Waals surface area contributed by atoms with Gasteiger partial charge in [-0.1, -0.05) is 330 Å². The maximum absolute atomic E-state index is 13.0. The van der Waals surface area contributed by atoms with Gasteiger partial charge in [-0.15, -0.1) is 0 Å². The van der Waals surface area contributed by atoms with Crippen molar-refractivity contribution in [3.05, 3.63) is 97.2 Å². The number of hydrogen-bond acceptors (Lipinski definition) is 6. The van der Waals surface area contributed by atoms with Gasteiger partial charge in [0.1, 0.15) is 13.2 Å². The van der Waals surface area contributed by atoms with Crippen LogP contribution in [-0.2, 0) is 28.6 Å². The van der Waals surface area contributed by atoms with Crippen molar-refractivity contribution >= 4 is 17.9 Å². The van der Waals surface area contributed by atoms with Gasteiger partial charge in [-0.3, -0.25) is 14.4 Å². The third kappa shape index (κ3) is 69.0. The summed E-state index contributed by atoms with van der Waals surface area (Å²) in [6, 6.07) is 0. The fourth-order valence-electron chi connectivity index (χ4n) is 10.2. The van der Waals surface area contributed by atoms with Gasteiger partial charge in [0.25, 0.3) is 0 Å². The standard InChI is InChI=1S/C77H134O6/c1-4-7-10-13-16-19-22-25-28-31-33-35-36-37-38-39-40-41-42-43-45-46-49-52-55-58-61-64-67-70-76(79)82-73-74(72-81-75(78)69-66-63-60-57-54-51-48-30-27-24-21-18-15-12-9-6-3)83-77(80)71-68-65-62-59-56-53-50-47-44-34-32-29-26-23-20-17-14-11-8-5-2/h7,10,16,19,21,24-25,28,30,33,35,37-38,40-41,48,74H,4-6,8-9,11-15,17-18,20,22-23,26-27,29,31-32,34,36,39,42-47,49-73H2,1-3H3/b10-7-,19-16-,24-21-,28-25-,35-33-,38-37-,41-40-,48-30-. The summed E-state index contributed by atoms with van der Waals surface area (Å²) in [6.45, 7) is 6.54. The number of rotatable bonds is 65. The molecule has 0 aromatic carbocycles. The van der Waals surface area contributed by atoms with Gasteiger partial charge >= 0.3 is 17.9 Å². The molecule has 1 unspecified atom stereocenters. The summed E-state index contributed by atoms with van der Waals surface area (Å²) >= 11 is 0. The van der Waals surface area contributed by atoms with E-state index in [4.69, 9.17) is 14.2 Å². The van der Waals surface area contributed by atoms with Crippen LogP contribution in [0.15, 0.2) is 97.2 Å². The van der Waals surface area contributed by atoms with Gasteiger partial charge in [-0.2, -0.15) is 0 Å². The third-order valence-electron chi connectivity index (χ3n) is 15.6. The summed E-state index contributed by atoms with van der Waals surface area (Å²) in [7, 11) is 0. The molecular formula is C77H134O6. The lowest BCUT2D eigenvalue weighted by atomic mass is 10.0. The van der Waals surface area contributed by atoms with Crippen LogP contribution in [0.4, 0.5) is 0 Å². The zero-order chi connectivity index (χ0) is 59.9. The molecule has 0 aromatic heterocycles. The second kappa shape index (κ2) is 70.8. The fourth-order valence-corrected chi connectivity index (χ4v) is 10.2. The Morgan fingerprint density at radius 1 is 0.253 bits per heavy atom. The van der Waals surface area contributed by atoms with Crippen molar-refractivity contribution in [3.8, 4) is 0 Å². The lowest BCUT2D eigenvalue weighted by Gasteiger charge is -2.18. The van der Waals surface area contributed by atoms with Crippen molar-refractivity contribution in [2.24, 2.45) is 0 Å². The van der Waals surface area contributed by atoms with Crippen molar-refractivity contribution in [2.45, 2.75) is 361 Å². The van der Waals surface area contributed by atoms with E-state index in [9.17, 15) is 14.4 Å². The molecule has 0 N–H and O–H groups in total. The van der Waals surface area contributed by atoms with Crippen LogP contribution in [0.1, 0.15) is 355 Å². The second-order valence-corrected chi connectivity index (χ2v) is 23.8. The molecule has 0 fully saturated rings. The van der Waals surface area contributed by atoms with Gasteiger partial charge < -0.3 is 14.2 Å². The fraction of sp³-hybridized carbons (Fsp3) is 0.753. The smallest absolute Gasteiger partial charge is 0.306 e. The molecule has 0 rings (SSSR count). The van der Waals surface area contributed by atoms with Crippen LogP contribution in [0.5, 0.6) is 0 Å². The van der Waals surface area contributed by atoms with Crippen molar-refractivity contribution in [2.75, 3.05) is 13.2 Å². The largest absolute Gasteiger partial charge is 0.462 e. The Hall–Kier alpha value is -3.67. The topological polar surface area (TPSA) is 78.9 Å². The molecule has 0 amide bonds. The van der Waals surface area contributed by atoms with Gasteiger partial charge in [-0.05, 0) is 103 Å². The third-order valence-corrected chi connectivity index (χ3v) is 15.6. The van der Waals surface area contributed by atoms with Crippen LogP contribution in [0.25, 0.3) is 0 Å². The van der Waals surface area contributed by atoms with Crippen LogP contribution in [0.2, 0.25) is 0 Å². The first-order valence-corrected chi connectivity index (χ1v) is 35.7. The molecule has 0 aliphatic heterocycles. The Labute approximate surface area is 515 Å². The summed E-state index contributed by atoms with van der Waals surface area (Å²) in [6.07, 6.45) is 95.7. The van der Waals surface area contributed by atoms with E-state index in [0.717, 1.165) is 116 Å². The van der Waals surface area contributed by atoms with Crippen LogP contribution in [-0.4, -0.2) is 37.2 Å². The first kappa shape index (κ1) is 79.3. The summed E-state index contributed by atoms with van der Waals surface area (Å²) in [5, 5.41) is 0. The van der Waals surface area contributed by atoms with Crippen LogP contribution < -0.4 is 0 Å². The lowest BCUT2D eigenvalue weighted by molar-refractivity contribution is -0.167. The number of ether oxygens (including phenoxy) is 3. The minimum atomic E-state index is -0.786. The average Bonchev–Trinajstić information content (AvgIpc) is 3.50. The van der Waals surface area contributed by atoms with Gasteiger partial charge in [-0.25, -0.2) is 0 Å². The van der Waals surface area contributed by atoms with Crippen molar-refractivity contribution in [3.63, 3.8) is 0 Å². The average molecular weight is 1160 g/mol. The van der Waals surface area contributed by atoms with E-state index in [2.05, 4.69) is 118 Å². The van der Waals surface area contributed by atoms with Gasteiger partial charge in [0, 0.05) is 19.3 Å². The Balaban J connectivity index is 4.33. The lowest BCUT2D eigenvalue weighted by Crippen LogP contribution is -2.30. The summed E-state index contributed by atoms with van der Waals surface area (Å²) in [5.41, 5.74) is 0. The number of unbranched alkanes of at least 4 members (excludes halogenated alkanes) is 38. The molecule has 83 heavy (non-hydrogen) atoms. The molecule has 0 bridgehead atoms. The normalized spacial score (nSPS) is 12.7. The highest BCUT2D eigenvalue weighted by Crippen LogP contribution is 2.18. The van der Waals surface area contributed by atoms with Crippen molar-refractivity contribution in [1.29, 1.82) is 0 Å². The zero-order valence-corrected chi connectivity index (χ0v) is 54.9. The highest BCUT2D eigenvalue weighted by atomic mass is 16.6. The molecular weight excluding hydrogens is 1020 g/mol. The second-order valence-electron chi connectivity index (χ2n) is 23.8. The van der Waals surface area contributed by atoms with E-state index in [1.54, 1.807) is 0 Å². The molecule has 0 radical (unpaired) electrons. The molecule has 6 heteroatoms. The number of carbonyl (C=O) groups is 3. The van der Waals surface area contributed by atoms with E-state index in [1.807, 2.05) is 0 Å². The zero-order valence-electron chi connectivity index (χ0n) is 54.9. The summed E-state index contributed by atoms with van der Waals surface area (Å²) in [5.74, 6) is -0.879. The summed E-state index contributed by atoms with van der Waals surface area (Å²) < 4.78 is 17.0. The molecule has 0 aromatic rings. The van der Waals surface area contributed by atoms with E-state index >= 15 is 0 Å². The molecule has 6 nitrogen and oxygen atoms in total. The number of allylic oxidation sites excluding steroid dienone is 16. The molecule has 478 valence electrons. The SMILES string of the molecule is CC/C=C\C/C=C\C/C=C\C/C=C\C/C=C\C/C=C\CCCCCCCCCCCCC(=O)OCC(COC(=O)CCCCCCC/C=C\C/C=C\CCCCCC)OC(=O)CCCCCCCCCCCCCCCCCCCCCC. The monoisotopic (exact) mass is 1160 g/mol. The van der Waals surface area contributed by atoms with E-state index in [1.165, 1.54) is 199 Å². The quantitative estimate of drug-likeness (QED) is 0.0261. The van der Waals surface area contributed by atoms with Gasteiger partial charge in [0.2, 0.25) is 0 Å². The Morgan fingerprint density at radius 2 is 0.470 bits per heavy atom. The molecule has 0 spiro atoms. The maximum Gasteiger partial charge on any atom is 0.306 e. The van der Waals surface area contributed by atoms with E-state index in [-0.39, 0.29) is 31.1 Å². The number of esters is 3. The number of carbonyl (C=O) groups excluding carboxylic acids is 3. The van der Waals surface area contributed by atoms with Crippen LogP contribution in [0.3, 0.4) is 0 Å². The molecule has 1 atom stereocenters. The first-order valence-electron chi connectivity index (χ1n) is 35.7. The predicted octanol–water partition coefficient (Wildman–Crippen LogP) is 24.8. The minimum absolute atomic E-state index is 0.0811. The first-order chi connectivity index (χ1) is 41.0.